The molecule has 0 radical (unpaired) electrons. The number of anilines is 1. The number of benzene rings is 1. The molecular weight excluding hydrogens is 238 g/mol. The minimum absolute atomic E-state index is 0.363. The van der Waals surface area contributed by atoms with Crippen molar-refractivity contribution in [1.29, 1.82) is 0 Å². The fourth-order valence-corrected chi connectivity index (χ4v) is 3.10. The first-order valence-corrected chi connectivity index (χ1v) is 6.99. The van der Waals surface area contributed by atoms with Gasteiger partial charge < -0.3 is 14.7 Å². The van der Waals surface area contributed by atoms with E-state index in [1.54, 1.807) is 7.11 Å². The molecule has 106 valence electrons. The minimum Gasteiger partial charge on any atom is -0.497 e. The third-order valence-corrected chi connectivity index (χ3v) is 3.71. The first-order chi connectivity index (χ1) is 8.81. The van der Waals surface area contributed by atoms with Gasteiger partial charge >= 0.3 is 0 Å². The highest BCUT2D eigenvalue weighted by Crippen LogP contribution is 2.38. The fraction of sp³-hybridized carbons (Fsp3) is 0.625. The Morgan fingerprint density at radius 3 is 2.63 bits per heavy atom. The zero-order chi connectivity index (χ0) is 14.2. The van der Waals surface area contributed by atoms with Crippen molar-refractivity contribution in [2.75, 3.05) is 12.0 Å². The van der Waals surface area contributed by atoms with Gasteiger partial charge in [-0.05, 0) is 64.3 Å². The normalized spacial score (nSPS) is 18.9. The van der Waals surface area contributed by atoms with Crippen LogP contribution in [0.15, 0.2) is 18.2 Å². The molecule has 1 aromatic rings. The van der Waals surface area contributed by atoms with Crippen molar-refractivity contribution >= 4 is 5.69 Å². The van der Waals surface area contributed by atoms with Gasteiger partial charge in [0.1, 0.15) is 5.75 Å². The van der Waals surface area contributed by atoms with Crippen LogP contribution in [-0.4, -0.2) is 29.9 Å². The van der Waals surface area contributed by atoms with Crippen LogP contribution in [0.2, 0.25) is 0 Å². The maximum Gasteiger partial charge on any atom is 0.119 e. The topological polar surface area (TPSA) is 32.7 Å². The molecule has 3 nitrogen and oxygen atoms in total. The Morgan fingerprint density at radius 2 is 2.11 bits per heavy atom. The lowest BCUT2D eigenvalue weighted by Crippen LogP contribution is -2.42. The van der Waals surface area contributed by atoms with E-state index in [1.165, 1.54) is 11.3 Å². The highest BCUT2D eigenvalue weighted by molar-refractivity contribution is 5.62. The van der Waals surface area contributed by atoms with Gasteiger partial charge in [-0.3, -0.25) is 0 Å². The molecule has 0 bridgehead atoms. The largest absolute Gasteiger partial charge is 0.497 e. The predicted octanol–water partition coefficient (Wildman–Crippen LogP) is 3.00. The number of aliphatic hydroxyl groups is 1. The van der Waals surface area contributed by atoms with Crippen molar-refractivity contribution in [2.24, 2.45) is 0 Å². The number of hydrogen-bond acceptors (Lipinski definition) is 3. The van der Waals surface area contributed by atoms with Gasteiger partial charge in [0.05, 0.1) is 12.7 Å². The van der Waals surface area contributed by atoms with Crippen molar-refractivity contribution < 1.29 is 9.84 Å². The summed E-state index contributed by atoms with van der Waals surface area (Å²) in [7, 11) is 1.70. The average molecular weight is 263 g/mol. The highest BCUT2D eigenvalue weighted by Gasteiger charge is 2.34. The molecule has 1 unspecified atom stereocenters. The number of rotatable bonds is 4. The Balaban J connectivity index is 2.31. The van der Waals surface area contributed by atoms with E-state index in [1.807, 2.05) is 19.9 Å². The van der Waals surface area contributed by atoms with Gasteiger partial charge in [0, 0.05) is 17.8 Å². The van der Waals surface area contributed by atoms with Crippen LogP contribution in [0, 0.1) is 0 Å². The lowest BCUT2D eigenvalue weighted by molar-refractivity contribution is 0.0629. The summed E-state index contributed by atoms with van der Waals surface area (Å²) in [5.41, 5.74) is 1.97. The Kier molecular flexibility index (Phi) is 3.77. The summed E-state index contributed by atoms with van der Waals surface area (Å²) in [4.78, 5) is 2.42. The molecule has 19 heavy (non-hydrogen) atoms. The van der Waals surface area contributed by atoms with Crippen molar-refractivity contribution in [3.8, 4) is 5.75 Å². The number of methoxy groups -OCH3 is 1. The van der Waals surface area contributed by atoms with Crippen LogP contribution < -0.4 is 9.64 Å². The molecule has 0 aromatic heterocycles. The Bertz CT molecular complexity index is 449. The summed E-state index contributed by atoms with van der Waals surface area (Å²) in [5, 5.41) is 10.1. The van der Waals surface area contributed by atoms with Crippen LogP contribution >= 0.6 is 0 Å². The maximum atomic E-state index is 10.1. The molecule has 1 aromatic carbocycles. The van der Waals surface area contributed by atoms with E-state index in [9.17, 15) is 5.11 Å². The highest BCUT2D eigenvalue weighted by atomic mass is 16.5. The molecule has 0 saturated carbocycles. The van der Waals surface area contributed by atoms with Crippen LogP contribution in [0.4, 0.5) is 5.69 Å². The van der Waals surface area contributed by atoms with Crippen LogP contribution in [0.25, 0.3) is 0 Å². The summed E-state index contributed by atoms with van der Waals surface area (Å²) in [6.45, 7) is 8.18. The summed E-state index contributed by atoms with van der Waals surface area (Å²) >= 11 is 0. The minimum atomic E-state index is -0.635. The number of hydrogen-bond donors (Lipinski definition) is 1. The second kappa shape index (κ2) is 5.04. The van der Waals surface area contributed by atoms with E-state index in [0.717, 1.165) is 18.6 Å². The molecule has 0 saturated heterocycles. The van der Waals surface area contributed by atoms with Gasteiger partial charge in [-0.2, -0.15) is 0 Å². The Labute approximate surface area is 116 Å². The third kappa shape index (κ3) is 3.03. The van der Waals surface area contributed by atoms with E-state index in [4.69, 9.17) is 4.74 Å². The molecular formula is C16H25NO2. The second-order valence-corrected chi connectivity index (χ2v) is 6.37. The van der Waals surface area contributed by atoms with Crippen molar-refractivity contribution in [2.45, 2.75) is 58.2 Å². The zero-order valence-corrected chi connectivity index (χ0v) is 12.6. The first kappa shape index (κ1) is 14.2. The maximum absolute atomic E-state index is 10.1. The van der Waals surface area contributed by atoms with E-state index in [2.05, 4.69) is 30.9 Å². The van der Waals surface area contributed by atoms with Crippen molar-refractivity contribution in [3.05, 3.63) is 23.8 Å². The van der Waals surface area contributed by atoms with Gasteiger partial charge in [0.25, 0.3) is 0 Å². The molecule has 1 atom stereocenters. The molecule has 1 heterocycles. The Hall–Kier alpha value is -1.22. The molecule has 2 rings (SSSR count). The Morgan fingerprint density at radius 1 is 1.42 bits per heavy atom. The first-order valence-electron chi connectivity index (χ1n) is 6.99. The van der Waals surface area contributed by atoms with Gasteiger partial charge in [-0.15, -0.1) is 0 Å². The molecule has 0 amide bonds. The van der Waals surface area contributed by atoms with Gasteiger partial charge in [-0.25, -0.2) is 0 Å². The predicted molar refractivity (Wildman–Crippen MR) is 79.0 cm³/mol. The summed E-state index contributed by atoms with van der Waals surface area (Å²) in [5.74, 6) is 0.909. The third-order valence-electron chi connectivity index (χ3n) is 3.71. The molecule has 0 spiro atoms. The van der Waals surface area contributed by atoms with Crippen molar-refractivity contribution in [1.82, 2.24) is 0 Å². The SMILES string of the molecule is COc1ccc2c(c1)CC(CC(C)(C)O)N2C(C)C. The molecule has 0 fully saturated rings. The van der Waals surface area contributed by atoms with Gasteiger partial charge in [-0.1, -0.05) is 0 Å². The van der Waals surface area contributed by atoms with E-state index in [-0.39, 0.29) is 0 Å². The lowest BCUT2D eigenvalue weighted by Gasteiger charge is -2.34. The smallest absolute Gasteiger partial charge is 0.119 e. The van der Waals surface area contributed by atoms with E-state index >= 15 is 0 Å². The molecule has 1 N–H and O–H groups in total. The fourth-order valence-electron chi connectivity index (χ4n) is 3.10. The van der Waals surface area contributed by atoms with E-state index in [0.29, 0.717) is 12.1 Å². The standard InChI is InChI=1S/C16H25NO2/c1-11(2)17-13(10-16(3,4)18)8-12-9-14(19-5)6-7-15(12)17/h6-7,9,11,13,18H,8,10H2,1-5H3. The molecule has 1 aliphatic rings. The van der Waals surface area contributed by atoms with Crippen LogP contribution in [-0.2, 0) is 6.42 Å². The quantitative estimate of drug-likeness (QED) is 0.906. The number of fused-ring (bicyclic) bond motifs is 1. The van der Waals surface area contributed by atoms with E-state index < -0.39 is 5.60 Å². The van der Waals surface area contributed by atoms with Crippen LogP contribution in [0.5, 0.6) is 5.75 Å². The summed E-state index contributed by atoms with van der Waals surface area (Å²) in [6.07, 6.45) is 1.76. The second-order valence-electron chi connectivity index (χ2n) is 6.37. The number of nitrogens with zero attached hydrogens (tertiary/aromatic N) is 1. The molecule has 1 aliphatic heterocycles. The van der Waals surface area contributed by atoms with Crippen LogP contribution in [0.1, 0.15) is 39.7 Å². The molecule has 3 heteroatoms. The van der Waals surface area contributed by atoms with Crippen LogP contribution in [0.3, 0.4) is 0 Å². The molecule has 0 aliphatic carbocycles. The lowest BCUT2D eigenvalue weighted by atomic mass is 9.96. The monoisotopic (exact) mass is 263 g/mol. The van der Waals surface area contributed by atoms with Gasteiger partial charge in [0.15, 0.2) is 0 Å². The van der Waals surface area contributed by atoms with Crippen molar-refractivity contribution in [3.63, 3.8) is 0 Å². The van der Waals surface area contributed by atoms with Gasteiger partial charge in [0.2, 0.25) is 0 Å². The summed E-state index contributed by atoms with van der Waals surface area (Å²) < 4.78 is 5.30. The number of ether oxygens (including phenoxy) is 1. The zero-order valence-electron chi connectivity index (χ0n) is 12.6. The average Bonchev–Trinajstić information content (AvgIpc) is 2.62. The summed E-state index contributed by atoms with van der Waals surface area (Å²) in [6, 6.07) is 7.07.